The summed E-state index contributed by atoms with van der Waals surface area (Å²) >= 11 is 3.37. The number of carbonyl (C=O) groups is 3. The van der Waals surface area contributed by atoms with Crippen LogP contribution >= 0.6 is 34.6 Å². The quantitative estimate of drug-likeness (QED) is 0.112. The van der Waals surface area contributed by atoms with E-state index in [0.717, 1.165) is 27.7 Å². The Labute approximate surface area is 221 Å². The second kappa shape index (κ2) is 9.87. The second-order valence-electron chi connectivity index (χ2n) is 8.08. The number of pyridine rings is 1. The van der Waals surface area contributed by atoms with Crippen molar-refractivity contribution in [1.82, 2.24) is 24.6 Å². The van der Waals surface area contributed by atoms with Gasteiger partial charge in [0.25, 0.3) is 11.8 Å². The van der Waals surface area contributed by atoms with E-state index in [1.807, 2.05) is 41.5 Å². The van der Waals surface area contributed by atoms with Gasteiger partial charge in [-0.3, -0.25) is 9.59 Å². The van der Waals surface area contributed by atoms with Crippen LogP contribution in [0.5, 0.6) is 0 Å². The zero-order chi connectivity index (χ0) is 26.3. The number of carboxylic acids is 1. The van der Waals surface area contributed by atoms with E-state index < -0.39 is 35.6 Å². The molecule has 0 radical (unpaired) electrons. The molecule has 3 aromatic rings. The lowest BCUT2D eigenvalue weighted by Crippen LogP contribution is -2.72. The lowest BCUT2D eigenvalue weighted by Gasteiger charge is -2.51. The summed E-state index contributed by atoms with van der Waals surface area (Å²) in [7, 11) is 1.91. The van der Waals surface area contributed by atoms with Gasteiger partial charge in [0.1, 0.15) is 13.1 Å². The number of rotatable bonds is 7. The molecule has 37 heavy (non-hydrogen) atoms. The predicted molar refractivity (Wildman–Crippen MR) is 131 cm³/mol. The van der Waals surface area contributed by atoms with Gasteiger partial charge in [-0.15, -0.1) is 11.3 Å². The molecular formula is C21H18N8O5S3. The fourth-order valence-corrected chi connectivity index (χ4v) is 6.54. The van der Waals surface area contributed by atoms with E-state index in [1.54, 1.807) is 0 Å². The van der Waals surface area contributed by atoms with Crippen LogP contribution in [-0.2, 0) is 21.4 Å². The molecular weight excluding hydrogens is 540 g/mol. The number of oxime groups is 1. The van der Waals surface area contributed by atoms with Crippen molar-refractivity contribution in [2.24, 2.45) is 12.2 Å². The first-order valence-corrected chi connectivity index (χ1v) is 13.2. The fraction of sp³-hybridized carbons (Fsp3) is 0.238. The Morgan fingerprint density at radius 2 is 2.11 bits per heavy atom. The monoisotopic (exact) mass is 558 g/mol. The molecule has 0 aliphatic carbocycles. The first-order chi connectivity index (χ1) is 17.8. The van der Waals surface area contributed by atoms with Gasteiger partial charge in [-0.1, -0.05) is 16.9 Å². The Kier molecular flexibility index (Phi) is 6.61. The SMILES string of the molecule is C[n+]1ccc(-c2csc(SC3=C(C(=O)[O-])N4C(=O)[C@@H](NC(=O)/C(=N\O)c5nsc(N)n5)[C@H]4CC3)n2)cc1. The Balaban J connectivity index is 1.32. The number of carboxylic acid groups (broad SMARTS) is 1. The van der Waals surface area contributed by atoms with E-state index in [0.29, 0.717) is 22.1 Å². The molecule has 1 saturated heterocycles. The maximum Gasteiger partial charge on any atom is 0.278 e. The number of carbonyl (C=O) groups excluding carboxylic acids is 3. The maximum atomic E-state index is 12.9. The summed E-state index contributed by atoms with van der Waals surface area (Å²) in [6.07, 6.45) is 4.55. The van der Waals surface area contributed by atoms with Crippen molar-refractivity contribution < 1.29 is 29.3 Å². The predicted octanol–water partition coefficient (Wildman–Crippen LogP) is -0.510. The smallest absolute Gasteiger partial charge is 0.278 e. The van der Waals surface area contributed by atoms with Crippen molar-refractivity contribution in [2.45, 2.75) is 29.3 Å². The van der Waals surface area contributed by atoms with Gasteiger partial charge in [0, 0.05) is 39.5 Å². The van der Waals surface area contributed by atoms with Gasteiger partial charge in [-0.05, 0) is 12.8 Å². The summed E-state index contributed by atoms with van der Waals surface area (Å²) in [6, 6.07) is 2.26. The normalized spacial score (nSPS) is 19.4. The molecule has 0 unspecified atom stereocenters. The Morgan fingerprint density at radius 1 is 1.35 bits per heavy atom. The van der Waals surface area contributed by atoms with Crippen LogP contribution in [0.2, 0.25) is 0 Å². The van der Waals surface area contributed by atoms with Gasteiger partial charge in [0.05, 0.1) is 23.4 Å². The first-order valence-electron chi connectivity index (χ1n) is 10.8. The zero-order valence-corrected chi connectivity index (χ0v) is 21.5. The number of thioether (sulfide) groups is 1. The highest BCUT2D eigenvalue weighted by Gasteiger charge is 2.52. The molecule has 0 bridgehead atoms. The molecule has 190 valence electrons. The van der Waals surface area contributed by atoms with Gasteiger partial charge in [-0.25, -0.2) is 9.55 Å². The van der Waals surface area contributed by atoms with Crippen molar-refractivity contribution in [3.8, 4) is 11.3 Å². The minimum Gasteiger partial charge on any atom is -0.543 e. The van der Waals surface area contributed by atoms with Crippen molar-refractivity contribution in [2.75, 3.05) is 5.73 Å². The largest absolute Gasteiger partial charge is 0.543 e. The molecule has 0 aromatic carbocycles. The Hall–Kier alpha value is -3.89. The highest BCUT2D eigenvalue weighted by molar-refractivity contribution is 8.04. The van der Waals surface area contributed by atoms with Gasteiger partial charge < -0.3 is 31.1 Å². The fourth-order valence-electron chi connectivity index (χ4n) is 4.06. The number of aromatic nitrogens is 4. The summed E-state index contributed by atoms with van der Waals surface area (Å²) in [4.78, 5) is 47.6. The number of fused-ring (bicyclic) bond motifs is 1. The minimum atomic E-state index is -1.49. The molecule has 5 heterocycles. The molecule has 5 rings (SSSR count). The standard InChI is InChI=1S/C21H18N8O5S3/c1-28-6-4-9(5-7-28)10-8-35-21(23-10)36-12-3-2-11-13(18(31)29(11)15(12)19(32)33)24-17(30)14(26-34)16-25-20(22)37-27-16/h4-8,11,13H,2-3H2,1H3,(H4-,22,24,25,27,30,32,33,34)/t11-,13+/m1/s1. The highest BCUT2D eigenvalue weighted by atomic mass is 32.2. The zero-order valence-electron chi connectivity index (χ0n) is 19.0. The molecule has 0 saturated carbocycles. The van der Waals surface area contributed by atoms with Crippen LogP contribution < -0.4 is 20.7 Å². The Bertz CT molecular complexity index is 1460. The lowest BCUT2D eigenvalue weighted by molar-refractivity contribution is -0.671. The van der Waals surface area contributed by atoms with Crippen LogP contribution in [0.15, 0.2) is 50.0 Å². The van der Waals surface area contributed by atoms with Crippen molar-refractivity contribution in [3.05, 3.63) is 46.3 Å². The van der Waals surface area contributed by atoms with Gasteiger partial charge in [0.15, 0.2) is 21.9 Å². The molecule has 2 aliphatic heterocycles. The van der Waals surface area contributed by atoms with Gasteiger partial charge >= 0.3 is 0 Å². The molecule has 13 nitrogen and oxygen atoms in total. The van der Waals surface area contributed by atoms with Crippen LogP contribution in [0.4, 0.5) is 5.13 Å². The first kappa shape index (κ1) is 24.8. The summed E-state index contributed by atoms with van der Waals surface area (Å²) in [5.74, 6) is -3.17. The molecule has 2 atom stereocenters. The lowest BCUT2D eigenvalue weighted by atomic mass is 9.86. The molecule has 16 heteroatoms. The summed E-state index contributed by atoms with van der Waals surface area (Å²) in [5.41, 5.74) is 6.46. The molecule has 2 amide bonds. The van der Waals surface area contributed by atoms with E-state index in [4.69, 9.17) is 5.73 Å². The number of nitrogens with one attached hydrogen (secondary N) is 1. The van der Waals surface area contributed by atoms with E-state index in [1.165, 1.54) is 23.1 Å². The summed E-state index contributed by atoms with van der Waals surface area (Å²) in [5, 5.41) is 28.7. The van der Waals surface area contributed by atoms with Crippen LogP contribution in [0.25, 0.3) is 11.3 Å². The Morgan fingerprint density at radius 3 is 2.76 bits per heavy atom. The molecule has 0 spiro atoms. The number of nitrogens with two attached hydrogens (primary N) is 1. The van der Waals surface area contributed by atoms with Gasteiger partial charge in [-0.2, -0.15) is 9.36 Å². The number of amides is 2. The number of β-lactam (4-membered cyclic amide) rings is 1. The van der Waals surface area contributed by atoms with Crippen molar-refractivity contribution in [3.63, 3.8) is 0 Å². The summed E-state index contributed by atoms with van der Waals surface area (Å²) < 4.78 is 6.36. The van der Waals surface area contributed by atoms with Crippen molar-refractivity contribution in [1.29, 1.82) is 0 Å². The topological polar surface area (TPSA) is 191 Å². The third-order valence-corrected chi connectivity index (χ3v) is 8.43. The number of hydrogen-bond acceptors (Lipinski definition) is 13. The number of aliphatic carboxylic acids is 1. The number of aryl methyl sites for hydroxylation is 1. The van der Waals surface area contributed by atoms with E-state index in [9.17, 15) is 24.7 Å². The summed E-state index contributed by atoms with van der Waals surface area (Å²) in [6.45, 7) is 0. The third-order valence-electron chi connectivity index (χ3n) is 5.81. The molecule has 1 fully saturated rings. The highest BCUT2D eigenvalue weighted by Crippen LogP contribution is 2.44. The number of nitrogens with zero attached hydrogens (tertiary/aromatic N) is 6. The van der Waals surface area contributed by atoms with Crippen molar-refractivity contribution >= 4 is 63.3 Å². The second-order valence-corrected chi connectivity index (χ2v) is 11.1. The average Bonchev–Trinajstić information content (AvgIpc) is 3.52. The minimum absolute atomic E-state index is 0.0705. The van der Waals surface area contributed by atoms with E-state index >= 15 is 0 Å². The number of nitrogen functional groups attached to an aromatic ring is 1. The van der Waals surface area contributed by atoms with Gasteiger partial charge in [0.2, 0.25) is 11.5 Å². The number of allylic oxidation sites excluding steroid dienone is 1. The van der Waals surface area contributed by atoms with Crippen LogP contribution in [0.3, 0.4) is 0 Å². The van der Waals surface area contributed by atoms with Crippen LogP contribution in [0.1, 0.15) is 18.7 Å². The van der Waals surface area contributed by atoms with Crippen LogP contribution in [0, 0.1) is 0 Å². The third kappa shape index (κ3) is 4.65. The molecule has 2 aliphatic rings. The number of anilines is 1. The molecule has 4 N–H and O–H groups in total. The van der Waals surface area contributed by atoms with Crippen LogP contribution in [-0.4, -0.2) is 60.0 Å². The molecule has 3 aromatic heterocycles. The maximum absolute atomic E-state index is 12.9. The van der Waals surface area contributed by atoms with E-state index in [2.05, 4.69) is 24.8 Å². The number of hydrogen-bond donors (Lipinski definition) is 3. The average molecular weight is 559 g/mol. The van der Waals surface area contributed by atoms with E-state index in [-0.39, 0.29) is 16.7 Å². The number of thiazole rings is 1.